The van der Waals surface area contributed by atoms with Crippen molar-refractivity contribution < 1.29 is 13.2 Å². The summed E-state index contributed by atoms with van der Waals surface area (Å²) in [6.07, 6.45) is 2.07. The molecule has 8 heteroatoms. The van der Waals surface area contributed by atoms with E-state index in [0.29, 0.717) is 24.0 Å². The van der Waals surface area contributed by atoms with Gasteiger partial charge in [0.1, 0.15) is 5.75 Å². The molecule has 2 N–H and O–H groups in total. The fourth-order valence-corrected chi connectivity index (χ4v) is 3.71. The van der Waals surface area contributed by atoms with Gasteiger partial charge in [0.2, 0.25) is 0 Å². The van der Waals surface area contributed by atoms with E-state index in [-0.39, 0.29) is 24.0 Å². The van der Waals surface area contributed by atoms with Gasteiger partial charge in [-0.3, -0.25) is 4.99 Å². The maximum Gasteiger partial charge on any atom is 0.191 e. The zero-order chi connectivity index (χ0) is 20.6. The summed E-state index contributed by atoms with van der Waals surface area (Å²) in [7, 11) is -1.48. The van der Waals surface area contributed by atoms with Crippen LogP contribution >= 0.6 is 24.0 Å². The standard InChI is InChI=1S/C21H29N3O3S.HI/c1-16-6-9-19(10-7-16)27-13-5-12-23-21(22-3)24-15-18-8-11-20(17(2)14-18)28(4,25)26;/h6-11,14H,5,12-13,15H2,1-4H3,(H2,22,23,24);1H. The molecule has 0 saturated heterocycles. The maximum absolute atomic E-state index is 11.7. The Morgan fingerprint density at radius 3 is 2.34 bits per heavy atom. The third-order valence-electron chi connectivity index (χ3n) is 4.23. The lowest BCUT2D eigenvalue weighted by molar-refractivity contribution is 0.311. The van der Waals surface area contributed by atoms with Crippen molar-refractivity contribution >= 4 is 39.8 Å². The van der Waals surface area contributed by atoms with Crippen LogP contribution in [-0.4, -0.2) is 40.8 Å². The van der Waals surface area contributed by atoms with Crippen molar-refractivity contribution in [1.82, 2.24) is 10.6 Å². The van der Waals surface area contributed by atoms with Gasteiger partial charge in [-0.05, 0) is 49.6 Å². The van der Waals surface area contributed by atoms with E-state index in [1.807, 2.05) is 43.3 Å². The van der Waals surface area contributed by atoms with E-state index >= 15 is 0 Å². The molecule has 0 atom stereocenters. The molecule has 0 unspecified atom stereocenters. The summed E-state index contributed by atoms with van der Waals surface area (Å²) >= 11 is 0. The van der Waals surface area contributed by atoms with Crippen molar-refractivity contribution in [2.75, 3.05) is 26.5 Å². The lowest BCUT2D eigenvalue weighted by Crippen LogP contribution is -2.37. The van der Waals surface area contributed by atoms with E-state index in [4.69, 9.17) is 4.74 Å². The number of ether oxygens (including phenoxy) is 1. The van der Waals surface area contributed by atoms with Gasteiger partial charge in [0, 0.05) is 26.4 Å². The Hall–Kier alpha value is -1.81. The van der Waals surface area contributed by atoms with Crippen LogP contribution in [0.2, 0.25) is 0 Å². The first-order valence-electron chi connectivity index (χ1n) is 9.23. The number of sulfone groups is 1. The number of guanidine groups is 1. The molecule has 0 aliphatic carbocycles. The average Bonchev–Trinajstić information content (AvgIpc) is 2.64. The molecule has 2 rings (SSSR count). The smallest absolute Gasteiger partial charge is 0.191 e. The minimum atomic E-state index is -3.19. The Morgan fingerprint density at radius 1 is 1.07 bits per heavy atom. The normalized spacial score (nSPS) is 11.5. The van der Waals surface area contributed by atoms with Gasteiger partial charge in [-0.2, -0.15) is 0 Å². The van der Waals surface area contributed by atoms with Gasteiger partial charge in [0.05, 0.1) is 11.5 Å². The minimum absolute atomic E-state index is 0. The lowest BCUT2D eigenvalue weighted by atomic mass is 10.1. The third-order valence-corrected chi connectivity index (χ3v) is 5.48. The molecule has 0 aromatic heterocycles. The number of benzene rings is 2. The molecule has 0 heterocycles. The van der Waals surface area contributed by atoms with E-state index in [0.717, 1.165) is 29.8 Å². The first-order chi connectivity index (χ1) is 13.3. The zero-order valence-corrected chi connectivity index (χ0v) is 20.5. The molecule has 0 fully saturated rings. The monoisotopic (exact) mass is 531 g/mol. The molecular weight excluding hydrogens is 501 g/mol. The second kappa shape index (κ2) is 12.0. The van der Waals surface area contributed by atoms with Gasteiger partial charge in [0.25, 0.3) is 0 Å². The number of nitrogens with one attached hydrogen (secondary N) is 2. The Labute approximate surface area is 191 Å². The van der Waals surface area contributed by atoms with Crippen molar-refractivity contribution in [3.05, 3.63) is 59.2 Å². The molecule has 0 radical (unpaired) electrons. The van der Waals surface area contributed by atoms with Crippen LogP contribution in [0.25, 0.3) is 0 Å². The second-order valence-electron chi connectivity index (χ2n) is 6.74. The maximum atomic E-state index is 11.7. The SMILES string of the molecule is CN=C(NCCCOc1ccc(C)cc1)NCc1ccc(S(C)(=O)=O)c(C)c1.I. The first kappa shape index (κ1) is 25.2. The Kier molecular flexibility index (Phi) is 10.5. The molecule has 0 aliphatic rings. The summed E-state index contributed by atoms with van der Waals surface area (Å²) in [5.41, 5.74) is 2.96. The van der Waals surface area contributed by atoms with Gasteiger partial charge in [-0.25, -0.2) is 8.42 Å². The zero-order valence-electron chi connectivity index (χ0n) is 17.4. The van der Waals surface area contributed by atoms with E-state index in [2.05, 4.69) is 15.6 Å². The number of aryl methyl sites for hydroxylation is 2. The Bertz CT molecular complexity index is 913. The number of halogens is 1. The van der Waals surface area contributed by atoms with Crippen molar-refractivity contribution in [2.45, 2.75) is 31.7 Å². The summed E-state index contributed by atoms with van der Waals surface area (Å²) in [4.78, 5) is 4.57. The molecule has 29 heavy (non-hydrogen) atoms. The van der Waals surface area contributed by atoms with E-state index < -0.39 is 9.84 Å². The topological polar surface area (TPSA) is 79.8 Å². The van der Waals surface area contributed by atoms with E-state index in [1.54, 1.807) is 20.0 Å². The van der Waals surface area contributed by atoms with Crippen LogP contribution in [0.3, 0.4) is 0 Å². The number of nitrogens with zero attached hydrogens (tertiary/aromatic N) is 1. The van der Waals surface area contributed by atoms with Crippen LogP contribution in [0.15, 0.2) is 52.4 Å². The van der Waals surface area contributed by atoms with Crippen LogP contribution in [0.1, 0.15) is 23.1 Å². The Balaban J connectivity index is 0.00000420. The van der Waals surface area contributed by atoms with Crippen LogP contribution in [0.4, 0.5) is 0 Å². The quantitative estimate of drug-likeness (QED) is 0.236. The summed E-state index contributed by atoms with van der Waals surface area (Å²) in [6, 6.07) is 13.4. The van der Waals surface area contributed by atoms with Crippen LogP contribution < -0.4 is 15.4 Å². The second-order valence-corrected chi connectivity index (χ2v) is 8.72. The molecule has 160 valence electrons. The number of aliphatic imine (C=N–C) groups is 1. The molecule has 0 bridgehead atoms. The summed E-state index contributed by atoms with van der Waals surface area (Å²) in [6.45, 7) is 5.77. The fraction of sp³-hybridized carbons (Fsp3) is 0.381. The highest BCUT2D eigenvalue weighted by Crippen LogP contribution is 2.16. The van der Waals surface area contributed by atoms with E-state index in [1.165, 1.54) is 11.8 Å². The van der Waals surface area contributed by atoms with Gasteiger partial charge in [-0.15, -0.1) is 24.0 Å². The van der Waals surface area contributed by atoms with Gasteiger partial charge >= 0.3 is 0 Å². The predicted molar refractivity (Wildman–Crippen MR) is 129 cm³/mol. The summed E-state index contributed by atoms with van der Waals surface area (Å²) in [5.74, 6) is 1.57. The van der Waals surface area contributed by atoms with E-state index in [9.17, 15) is 8.42 Å². The third kappa shape index (κ3) is 8.61. The Morgan fingerprint density at radius 2 is 1.76 bits per heavy atom. The highest BCUT2D eigenvalue weighted by molar-refractivity contribution is 14.0. The highest BCUT2D eigenvalue weighted by Gasteiger charge is 2.10. The van der Waals surface area contributed by atoms with Gasteiger partial charge in [0.15, 0.2) is 15.8 Å². The fourth-order valence-electron chi connectivity index (χ4n) is 2.75. The molecule has 0 amide bonds. The molecule has 0 aliphatic heterocycles. The van der Waals surface area contributed by atoms with Crippen molar-refractivity contribution in [3.63, 3.8) is 0 Å². The number of rotatable bonds is 8. The number of hydrogen-bond acceptors (Lipinski definition) is 4. The van der Waals surface area contributed by atoms with Crippen LogP contribution in [-0.2, 0) is 16.4 Å². The minimum Gasteiger partial charge on any atom is -0.494 e. The summed E-state index contributed by atoms with van der Waals surface area (Å²) in [5, 5.41) is 6.48. The highest BCUT2D eigenvalue weighted by atomic mass is 127. The van der Waals surface area contributed by atoms with Crippen molar-refractivity contribution in [2.24, 2.45) is 4.99 Å². The van der Waals surface area contributed by atoms with Crippen LogP contribution in [0, 0.1) is 13.8 Å². The number of hydrogen-bond donors (Lipinski definition) is 2. The molecule has 0 saturated carbocycles. The molecule has 6 nitrogen and oxygen atoms in total. The molecular formula is C21H30IN3O3S. The van der Waals surface area contributed by atoms with Gasteiger partial charge < -0.3 is 15.4 Å². The van der Waals surface area contributed by atoms with Crippen molar-refractivity contribution in [3.8, 4) is 5.75 Å². The predicted octanol–water partition coefficient (Wildman–Crippen LogP) is 3.46. The largest absolute Gasteiger partial charge is 0.494 e. The average molecular weight is 531 g/mol. The molecule has 0 spiro atoms. The summed E-state index contributed by atoms with van der Waals surface area (Å²) < 4.78 is 29.1. The molecule has 2 aromatic rings. The molecule has 2 aromatic carbocycles. The van der Waals surface area contributed by atoms with Crippen molar-refractivity contribution in [1.29, 1.82) is 0 Å². The lowest BCUT2D eigenvalue weighted by Gasteiger charge is -2.13. The van der Waals surface area contributed by atoms with Crippen LogP contribution in [0.5, 0.6) is 5.75 Å². The van der Waals surface area contributed by atoms with Gasteiger partial charge in [-0.1, -0.05) is 29.8 Å². The first-order valence-corrected chi connectivity index (χ1v) is 11.1.